The quantitative estimate of drug-likeness (QED) is 0.178. The van der Waals surface area contributed by atoms with Gasteiger partial charge in [-0.05, 0) is 47.5 Å². The molecule has 0 bridgehead atoms. The van der Waals surface area contributed by atoms with Gasteiger partial charge >= 0.3 is 0 Å². The second-order valence-electron chi connectivity index (χ2n) is 13.4. The molecule has 0 aliphatic rings. The van der Waals surface area contributed by atoms with Crippen LogP contribution in [0.1, 0.15) is 0 Å². The number of aromatic nitrogens is 4. The first-order chi connectivity index (χ1) is 26.7. The van der Waals surface area contributed by atoms with Crippen LogP contribution < -0.4 is 0 Å². The molecule has 252 valence electrons. The van der Waals surface area contributed by atoms with Crippen LogP contribution in [0.2, 0.25) is 0 Å². The normalized spacial score (nSPS) is 11.7. The molecule has 0 fully saturated rings. The van der Waals surface area contributed by atoms with Crippen LogP contribution in [0, 0.1) is 0 Å². The van der Waals surface area contributed by atoms with E-state index in [1.807, 2.05) is 48.5 Å². The topological polar surface area (TPSA) is 64.7 Å². The van der Waals surface area contributed by atoms with Crippen molar-refractivity contribution in [1.82, 2.24) is 19.9 Å². The van der Waals surface area contributed by atoms with Gasteiger partial charge in [0.15, 0.2) is 23.1 Å². The second kappa shape index (κ2) is 12.3. The predicted molar refractivity (Wildman–Crippen MR) is 222 cm³/mol. The van der Waals surface area contributed by atoms with Crippen molar-refractivity contribution in [1.29, 1.82) is 0 Å². The number of fused-ring (bicyclic) bond motifs is 8. The molecular weight excluding hydrogens is 681 g/mol. The molecule has 4 aromatic heterocycles. The van der Waals surface area contributed by atoms with Gasteiger partial charge in [0.05, 0.1) is 5.69 Å². The minimum absolute atomic E-state index is 0.625. The molecule has 0 aliphatic heterocycles. The summed E-state index contributed by atoms with van der Waals surface area (Å²) in [5, 5.41) is 5.56. The van der Waals surface area contributed by atoms with Gasteiger partial charge in [-0.2, -0.15) is 0 Å². The fourth-order valence-corrected chi connectivity index (χ4v) is 8.77. The molecule has 0 atom stereocenters. The number of thiophene rings is 1. The number of para-hydroxylation sites is 1. The monoisotopic (exact) mass is 708 g/mol. The number of pyridine rings is 1. The number of benzene rings is 7. The fourth-order valence-electron chi connectivity index (χ4n) is 7.55. The standard InChI is InChI=1S/C48H28N4OS/c1-2-13-29(14-3-1)46-50-47(52-48(51-46)39-24-12-23-37-34-19-7-9-26-41(34)54-45(37)39)33-18-11-16-31(28-33)30-15-10-17-32(27-30)42-35-20-4-5-21-36(35)44-43(49-42)38-22-6-8-25-40(38)53-44/h1-28H. The zero-order valence-corrected chi connectivity index (χ0v) is 29.6. The van der Waals surface area contributed by atoms with Gasteiger partial charge in [-0.3, -0.25) is 0 Å². The lowest BCUT2D eigenvalue weighted by molar-refractivity contribution is 0.672. The maximum Gasteiger partial charge on any atom is 0.165 e. The van der Waals surface area contributed by atoms with Crippen molar-refractivity contribution < 1.29 is 4.42 Å². The largest absolute Gasteiger partial charge is 0.454 e. The third-order valence-electron chi connectivity index (χ3n) is 10.1. The molecule has 0 N–H and O–H groups in total. The zero-order chi connectivity index (χ0) is 35.6. The first-order valence-corrected chi connectivity index (χ1v) is 18.7. The highest BCUT2D eigenvalue weighted by atomic mass is 32.1. The van der Waals surface area contributed by atoms with Gasteiger partial charge < -0.3 is 4.42 Å². The zero-order valence-electron chi connectivity index (χ0n) is 28.8. The summed E-state index contributed by atoms with van der Waals surface area (Å²) >= 11 is 1.78. The molecule has 0 radical (unpaired) electrons. The number of hydrogen-bond donors (Lipinski definition) is 0. The lowest BCUT2D eigenvalue weighted by Gasteiger charge is -2.11. The van der Waals surface area contributed by atoms with Crippen LogP contribution in [0.15, 0.2) is 174 Å². The Labute approximate surface area is 313 Å². The molecule has 0 saturated heterocycles. The van der Waals surface area contributed by atoms with E-state index in [1.165, 1.54) is 20.2 Å². The van der Waals surface area contributed by atoms with Crippen LogP contribution >= 0.6 is 11.3 Å². The fraction of sp³-hybridized carbons (Fsp3) is 0. The Balaban J connectivity index is 1.05. The van der Waals surface area contributed by atoms with E-state index in [0.717, 1.165) is 71.9 Å². The van der Waals surface area contributed by atoms with Gasteiger partial charge in [0.25, 0.3) is 0 Å². The molecule has 6 heteroatoms. The molecule has 0 amide bonds. The highest BCUT2D eigenvalue weighted by Crippen LogP contribution is 2.41. The summed E-state index contributed by atoms with van der Waals surface area (Å²) in [6.07, 6.45) is 0. The maximum atomic E-state index is 6.33. The third-order valence-corrected chi connectivity index (χ3v) is 11.3. The van der Waals surface area contributed by atoms with Crippen LogP contribution in [0.5, 0.6) is 0 Å². The molecular formula is C48H28N4OS. The summed E-state index contributed by atoms with van der Waals surface area (Å²) in [7, 11) is 0. The molecule has 5 nitrogen and oxygen atoms in total. The van der Waals surface area contributed by atoms with Crippen LogP contribution in [0.3, 0.4) is 0 Å². The van der Waals surface area contributed by atoms with E-state index in [-0.39, 0.29) is 0 Å². The summed E-state index contributed by atoms with van der Waals surface area (Å²) in [6.45, 7) is 0. The van der Waals surface area contributed by atoms with Gasteiger partial charge in [0.1, 0.15) is 11.1 Å². The molecule has 4 heterocycles. The van der Waals surface area contributed by atoms with Crippen molar-refractivity contribution in [2.24, 2.45) is 0 Å². The smallest absolute Gasteiger partial charge is 0.165 e. The number of furan rings is 1. The van der Waals surface area contributed by atoms with Crippen molar-refractivity contribution in [3.8, 4) is 56.5 Å². The summed E-state index contributed by atoms with van der Waals surface area (Å²) in [5.74, 6) is 1.92. The SMILES string of the molecule is c1ccc(-c2nc(-c3cccc(-c4cccc(-c5nc6c7ccccc7oc6c6ccccc56)c4)c3)nc(-c3cccc4c3sc3ccccc34)n2)cc1. The lowest BCUT2D eigenvalue weighted by atomic mass is 9.97. The summed E-state index contributed by atoms with van der Waals surface area (Å²) in [4.78, 5) is 20.6. The average Bonchev–Trinajstić information content (AvgIpc) is 3.82. The third kappa shape index (κ3) is 4.99. The average molecular weight is 709 g/mol. The van der Waals surface area contributed by atoms with Crippen molar-refractivity contribution >= 4 is 64.4 Å². The first kappa shape index (κ1) is 30.6. The number of nitrogens with zero attached hydrogens (tertiary/aromatic N) is 4. The minimum atomic E-state index is 0.625. The molecule has 11 rings (SSSR count). The predicted octanol–water partition coefficient (Wildman–Crippen LogP) is 13.0. The van der Waals surface area contributed by atoms with Gasteiger partial charge in [-0.1, -0.05) is 133 Å². The molecule has 0 unspecified atom stereocenters. The van der Waals surface area contributed by atoms with E-state index in [1.54, 1.807) is 11.3 Å². The van der Waals surface area contributed by atoms with E-state index in [9.17, 15) is 0 Å². The summed E-state index contributed by atoms with van der Waals surface area (Å²) in [5.41, 5.74) is 9.47. The highest BCUT2D eigenvalue weighted by Gasteiger charge is 2.19. The first-order valence-electron chi connectivity index (χ1n) is 17.9. The Kier molecular flexibility index (Phi) is 6.97. The van der Waals surface area contributed by atoms with Gasteiger partial charge in [0, 0.05) is 58.6 Å². The Bertz CT molecular complexity index is 3240. The van der Waals surface area contributed by atoms with Gasteiger partial charge in [-0.25, -0.2) is 19.9 Å². The van der Waals surface area contributed by atoms with Crippen LogP contribution in [-0.4, -0.2) is 19.9 Å². The van der Waals surface area contributed by atoms with Crippen molar-refractivity contribution in [3.05, 3.63) is 170 Å². The van der Waals surface area contributed by atoms with E-state index < -0.39 is 0 Å². The Hall–Kier alpha value is -7.02. The maximum absolute atomic E-state index is 6.33. The van der Waals surface area contributed by atoms with E-state index in [2.05, 4.69) is 121 Å². The summed E-state index contributed by atoms with van der Waals surface area (Å²) < 4.78 is 8.75. The van der Waals surface area contributed by atoms with E-state index >= 15 is 0 Å². The molecule has 7 aromatic carbocycles. The van der Waals surface area contributed by atoms with Crippen molar-refractivity contribution in [2.45, 2.75) is 0 Å². The Morgan fingerprint density at radius 1 is 0.389 bits per heavy atom. The molecule has 0 aliphatic carbocycles. The van der Waals surface area contributed by atoms with Crippen molar-refractivity contribution in [2.75, 3.05) is 0 Å². The van der Waals surface area contributed by atoms with E-state index in [4.69, 9.17) is 24.4 Å². The second-order valence-corrected chi connectivity index (χ2v) is 14.4. The molecule has 0 saturated carbocycles. The van der Waals surface area contributed by atoms with Crippen LogP contribution in [0.25, 0.3) is 110 Å². The number of hydrogen-bond acceptors (Lipinski definition) is 6. The van der Waals surface area contributed by atoms with Crippen molar-refractivity contribution in [3.63, 3.8) is 0 Å². The summed E-state index contributed by atoms with van der Waals surface area (Å²) in [6, 6.07) is 58.6. The Morgan fingerprint density at radius 3 is 1.80 bits per heavy atom. The van der Waals surface area contributed by atoms with E-state index in [0.29, 0.717) is 17.5 Å². The lowest BCUT2D eigenvalue weighted by Crippen LogP contribution is -2.00. The van der Waals surface area contributed by atoms with Crippen LogP contribution in [-0.2, 0) is 0 Å². The van der Waals surface area contributed by atoms with Gasteiger partial charge in [0.2, 0.25) is 0 Å². The molecule has 54 heavy (non-hydrogen) atoms. The Morgan fingerprint density at radius 2 is 0.963 bits per heavy atom. The van der Waals surface area contributed by atoms with Crippen LogP contribution in [0.4, 0.5) is 0 Å². The molecule has 11 aromatic rings. The van der Waals surface area contributed by atoms with Gasteiger partial charge in [-0.15, -0.1) is 11.3 Å². The molecule has 0 spiro atoms. The number of rotatable bonds is 5. The minimum Gasteiger partial charge on any atom is -0.454 e. The highest BCUT2D eigenvalue weighted by molar-refractivity contribution is 7.26.